The maximum Gasteiger partial charge on any atom is 0.269 e. The molecule has 0 aliphatic carbocycles. The third kappa shape index (κ3) is 2.27. The van der Waals surface area contributed by atoms with Gasteiger partial charge in [-0.3, -0.25) is 29.4 Å². The normalized spacial score (nSPS) is 30.1. The molecule has 4 aliphatic heterocycles. The van der Waals surface area contributed by atoms with Crippen molar-refractivity contribution in [2.45, 2.75) is 38.3 Å². The molecule has 0 aromatic heterocycles. The van der Waals surface area contributed by atoms with Gasteiger partial charge in [-0.1, -0.05) is 12.1 Å². The van der Waals surface area contributed by atoms with E-state index in [1.165, 1.54) is 24.3 Å². The molecular weight excluding hydrogens is 424 g/mol. The molecule has 3 amide bonds. The summed E-state index contributed by atoms with van der Waals surface area (Å²) in [5, 5.41) is 14.1. The first-order chi connectivity index (χ1) is 15.8. The van der Waals surface area contributed by atoms with Gasteiger partial charge < -0.3 is 5.32 Å². The van der Waals surface area contributed by atoms with Gasteiger partial charge in [-0.2, -0.15) is 0 Å². The molecule has 0 radical (unpaired) electrons. The molecule has 1 N–H and O–H groups in total. The minimum Gasteiger partial charge on any atom is -0.324 e. The van der Waals surface area contributed by atoms with Crippen molar-refractivity contribution < 1.29 is 19.3 Å². The first-order valence-corrected chi connectivity index (χ1v) is 11.1. The Balaban J connectivity index is 1.52. The number of aryl methyl sites for hydroxylation is 1. The number of non-ortho nitro benzene ring substituents is 1. The zero-order valence-electron chi connectivity index (χ0n) is 18.2. The van der Waals surface area contributed by atoms with Crippen molar-refractivity contribution in [1.29, 1.82) is 0 Å². The molecule has 2 aromatic rings. The topological polar surface area (TPSA) is 113 Å². The van der Waals surface area contributed by atoms with Crippen molar-refractivity contribution in [2.75, 3.05) is 16.8 Å². The summed E-state index contributed by atoms with van der Waals surface area (Å²) in [6.07, 6.45) is 1.59. The maximum atomic E-state index is 13.9. The molecule has 4 aliphatic rings. The van der Waals surface area contributed by atoms with Gasteiger partial charge in [0.25, 0.3) is 5.69 Å². The second-order valence-corrected chi connectivity index (χ2v) is 9.34. The summed E-state index contributed by atoms with van der Waals surface area (Å²) >= 11 is 0. The van der Waals surface area contributed by atoms with E-state index in [1.54, 1.807) is 0 Å². The van der Waals surface area contributed by atoms with E-state index in [-0.39, 0.29) is 23.5 Å². The zero-order chi connectivity index (χ0) is 23.2. The predicted octanol–water partition coefficient (Wildman–Crippen LogP) is 2.64. The minimum absolute atomic E-state index is 0.119. The number of carbonyl (C=O) groups is 3. The van der Waals surface area contributed by atoms with Gasteiger partial charge >= 0.3 is 0 Å². The highest BCUT2D eigenvalue weighted by Gasteiger charge is 2.74. The molecule has 0 saturated carbocycles. The summed E-state index contributed by atoms with van der Waals surface area (Å²) in [4.78, 5) is 55.0. The Bertz CT molecular complexity index is 1270. The Labute approximate surface area is 189 Å². The summed E-state index contributed by atoms with van der Waals surface area (Å²) in [6.45, 7) is 4.57. The van der Waals surface area contributed by atoms with Crippen LogP contribution in [-0.4, -0.2) is 40.1 Å². The SMILES string of the molecule is Cc1ccc2c(c1C)NC(=O)C21C2C(=O)N(c3ccc([N+](=O)[O-])cc3)C(=O)C2C2CCCN21. The average Bonchev–Trinajstić information content (AvgIpc) is 3.50. The fourth-order valence-electron chi connectivity index (χ4n) is 6.50. The van der Waals surface area contributed by atoms with E-state index in [2.05, 4.69) is 10.2 Å². The number of carbonyl (C=O) groups excluding carboxylic acids is 3. The van der Waals surface area contributed by atoms with Crippen LogP contribution in [0.2, 0.25) is 0 Å². The largest absolute Gasteiger partial charge is 0.324 e. The van der Waals surface area contributed by atoms with Gasteiger partial charge in [-0.15, -0.1) is 0 Å². The lowest BCUT2D eigenvalue weighted by atomic mass is 9.75. The van der Waals surface area contributed by atoms with Gasteiger partial charge in [0, 0.05) is 29.4 Å². The Hall–Kier alpha value is -3.59. The number of amides is 3. The van der Waals surface area contributed by atoms with E-state index in [0.29, 0.717) is 12.2 Å². The molecule has 168 valence electrons. The molecule has 4 heterocycles. The van der Waals surface area contributed by atoms with E-state index < -0.39 is 28.2 Å². The van der Waals surface area contributed by atoms with Crippen LogP contribution in [0.1, 0.15) is 29.5 Å². The minimum atomic E-state index is -1.22. The van der Waals surface area contributed by atoms with Crippen molar-refractivity contribution in [3.8, 4) is 0 Å². The molecule has 3 saturated heterocycles. The number of nitrogens with one attached hydrogen (secondary N) is 1. The molecule has 9 nitrogen and oxygen atoms in total. The van der Waals surface area contributed by atoms with Gasteiger partial charge in [-0.05, 0) is 56.5 Å². The number of hydrogen-bond acceptors (Lipinski definition) is 6. The molecule has 33 heavy (non-hydrogen) atoms. The number of hydrogen-bond donors (Lipinski definition) is 1. The van der Waals surface area contributed by atoms with Crippen molar-refractivity contribution in [2.24, 2.45) is 11.8 Å². The van der Waals surface area contributed by atoms with Crippen LogP contribution in [0.4, 0.5) is 17.1 Å². The van der Waals surface area contributed by atoms with Gasteiger partial charge in [0.2, 0.25) is 17.7 Å². The molecule has 3 fully saturated rings. The Morgan fingerprint density at radius 3 is 2.48 bits per heavy atom. The van der Waals surface area contributed by atoms with E-state index in [9.17, 15) is 24.5 Å². The molecule has 9 heteroatoms. The van der Waals surface area contributed by atoms with Crippen molar-refractivity contribution in [3.63, 3.8) is 0 Å². The quantitative estimate of drug-likeness (QED) is 0.431. The number of anilines is 2. The Morgan fingerprint density at radius 1 is 1.06 bits per heavy atom. The van der Waals surface area contributed by atoms with Gasteiger partial charge in [0.15, 0.2) is 0 Å². The van der Waals surface area contributed by atoms with Gasteiger partial charge in [0.05, 0.1) is 22.4 Å². The van der Waals surface area contributed by atoms with Crippen LogP contribution in [-0.2, 0) is 19.9 Å². The molecular formula is C24H22N4O5. The number of benzene rings is 2. The Morgan fingerprint density at radius 2 is 1.79 bits per heavy atom. The molecule has 4 unspecified atom stereocenters. The van der Waals surface area contributed by atoms with Crippen molar-refractivity contribution in [1.82, 2.24) is 4.90 Å². The fraction of sp³-hybridized carbons (Fsp3) is 0.375. The second kappa shape index (κ2) is 6.48. The molecule has 0 bridgehead atoms. The maximum absolute atomic E-state index is 13.9. The number of nitrogens with zero attached hydrogens (tertiary/aromatic N) is 3. The number of nitro groups is 1. The lowest BCUT2D eigenvalue weighted by Crippen LogP contribution is -2.54. The van der Waals surface area contributed by atoms with Gasteiger partial charge in [0.1, 0.15) is 5.54 Å². The lowest BCUT2D eigenvalue weighted by Gasteiger charge is -2.36. The van der Waals surface area contributed by atoms with E-state index >= 15 is 0 Å². The van der Waals surface area contributed by atoms with Crippen LogP contribution in [0.5, 0.6) is 0 Å². The van der Waals surface area contributed by atoms with Crippen LogP contribution < -0.4 is 10.2 Å². The number of nitro benzene ring substituents is 1. The molecule has 6 rings (SSSR count). The summed E-state index contributed by atoms with van der Waals surface area (Å²) in [5.41, 5.74) is 2.46. The highest BCUT2D eigenvalue weighted by atomic mass is 16.6. The van der Waals surface area contributed by atoms with Crippen LogP contribution in [0, 0.1) is 35.8 Å². The van der Waals surface area contributed by atoms with Crippen LogP contribution in [0.15, 0.2) is 36.4 Å². The van der Waals surface area contributed by atoms with Crippen LogP contribution in [0.3, 0.4) is 0 Å². The average molecular weight is 446 g/mol. The smallest absolute Gasteiger partial charge is 0.269 e. The number of imide groups is 1. The third-order valence-corrected chi connectivity index (χ3v) is 8.02. The zero-order valence-corrected chi connectivity index (χ0v) is 18.2. The lowest BCUT2D eigenvalue weighted by molar-refractivity contribution is -0.384. The monoisotopic (exact) mass is 446 g/mol. The van der Waals surface area contributed by atoms with Crippen LogP contribution in [0.25, 0.3) is 0 Å². The summed E-state index contributed by atoms with van der Waals surface area (Å²) < 4.78 is 0. The third-order valence-electron chi connectivity index (χ3n) is 8.02. The predicted molar refractivity (Wildman–Crippen MR) is 119 cm³/mol. The summed E-state index contributed by atoms with van der Waals surface area (Å²) in [6, 6.07) is 9.09. The summed E-state index contributed by atoms with van der Waals surface area (Å²) in [5.74, 6) is -2.48. The van der Waals surface area contributed by atoms with E-state index in [1.807, 2.05) is 26.0 Å². The first-order valence-electron chi connectivity index (χ1n) is 11.1. The first kappa shape index (κ1) is 20.0. The molecule has 2 aromatic carbocycles. The van der Waals surface area contributed by atoms with Crippen molar-refractivity contribution in [3.05, 3.63) is 63.2 Å². The standard InChI is InChI=1S/C24H22N4O5/c1-12-5-10-16-20(13(12)2)25-23(31)24(16)19-18(17-4-3-11-26(17)24)21(29)27(22(19)30)14-6-8-15(9-7-14)28(32)33/h5-10,17-19H,3-4,11H2,1-2H3,(H,25,31). The second-order valence-electron chi connectivity index (χ2n) is 9.34. The fourth-order valence-corrected chi connectivity index (χ4v) is 6.50. The highest BCUT2D eigenvalue weighted by Crippen LogP contribution is 2.61. The molecule has 1 spiro atoms. The van der Waals surface area contributed by atoms with Crippen LogP contribution >= 0.6 is 0 Å². The number of fused-ring (bicyclic) bond motifs is 7. The van der Waals surface area contributed by atoms with E-state index in [4.69, 9.17) is 0 Å². The Kier molecular flexibility index (Phi) is 3.93. The number of rotatable bonds is 2. The molecule has 4 atom stereocenters. The van der Waals surface area contributed by atoms with Crippen molar-refractivity contribution >= 4 is 34.8 Å². The van der Waals surface area contributed by atoms with Gasteiger partial charge in [-0.25, -0.2) is 4.90 Å². The highest BCUT2D eigenvalue weighted by molar-refractivity contribution is 6.26. The van der Waals surface area contributed by atoms with E-state index in [0.717, 1.165) is 40.1 Å². The summed E-state index contributed by atoms with van der Waals surface area (Å²) in [7, 11) is 0.